The summed E-state index contributed by atoms with van der Waals surface area (Å²) in [5.74, 6) is 2.53. The van der Waals surface area contributed by atoms with Crippen LogP contribution in [-0.2, 0) is 13.1 Å². The summed E-state index contributed by atoms with van der Waals surface area (Å²) < 4.78 is 7.76. The number of oxazole rings is 1. The molecule has 2 aromatic heterocycles. The number of carbonyl (C=O) groups excluding carboxylic acids is 1. The number of nitrogens with zero attached hydrogens (tertiary/aromatic N) is 5. The summed E-state index contributed by atoms with van der Waals surface area (Å²) >= 11 is 0. The lowest BCUT2D eigenvalue weighted by atomic mass is 10.1. The minimum absolute atomic E-state index is 0.128. The van der Waals surface area contributed by atoms with Crippen LogP contribution >= 0.6 is 0 Å². The van der Waals surface area contributed by atoms with Crippen molar-refractivity contribution in [1.29, 1.82) is 0 Å². The van der Waals surface area contributed by atoms with Gasteiger partial charge in [-0.25, -0.2) is 9.97 Å². The molecule has 0 aliphatic carbocycles. The molecule has 0 fully saturated rings. The molecule has 0 spiro atoms. The van der Waals surface area contributed by atoms with Gasteiger partial charge in [0.15, 0.2) is 5.89 Å². The van der Waals surface area contributed by atoms with Crippen LogP contribution in [0.1, 0.15) is 48.7 Å². The van der Waals surface area contributed by atoms with Crippen molar-refractivity contribution in [2.24, 2.45) is 0 Å². The highest BCUT2D eigenvalue weighted by Crippen LogP contribution is 2.34. The average Bonchev–Trinajstić information content (AvgIpc) is 3.25. The molecule has 0 atom stereocenters. The zero-order valence-corrected chi connectivity index (χ0v) is 20.0. The molecular formula is C24H32N6O2. The molecule has 1 N–H and O–H groups in total. The minimum Gasteiger partial charge on any atom is -0.436 e. The monoisotopic (exact) mass is 436 g/mol. The maximum absolute atomic E-state index is 13.1. The van der Waals surface area contributed by atoms with Gasteiger partial charge in [0, 0.05) is 50.9 Å². The van der Waals surface area contributed by atoms with Crippen molar-refractivity contribution in [3.05, 3.63) is 47.4 Å². The molecule has 170 valence electrons. The number of benzene rings is 1. The maximum atomic E-state index is 13.1. The van der Waals surface area contributed by atoms with Gasteiger partial charge in [-0.3, -0.25) is 4.79 Å². The minimum atomic E-state index is -0.139. The van der Waals surface area contributed by atoms with E-state index in [4.69, 9.17) is 9.40 Å². The van der Waals surface area contributed by atoms with Crippen LogP contribution in [0.3, 0.4) is 0 Å². The lowest BCUT2D eigenvalue weighted by molar-refractivity contribution is 0.0673. The fourth-order valence-electron chi connectivity index (χ4n) is 3.98. The molecule has 0 saturated carbocycles. The summed E-state index contributed by atoms with van der Waals surface area (Å²) in [4.78, 5) is 26.2. The number of rotatable bonds is 4. The Morgan fingerprint density at radius 3 is 2.34 bits per heavy atom. The van der Waals surface area contributed by atoms with Crippen molar-refractivity contribution in [3.63, 3.8) is 0 Å². The third kappa shape index (κ3) is 4.22. The van der Waals surface area contributed by atoms with Gasteiger partial charge in [-0.2, -0.15) is 0 Å². The number of anilines is 2. The van der Waals surface area contributed by atoms with Gasteiger partial charge in [0.1, 0.15) is 17.3 Å². The normalized spacial score (nSPS) is 13.8. The van der Waals surface area contributed by atoms with Crippen LogP contribution in [0.4, 0.5) is 11.5 Å². The predicted molar refractivity (Wildman–Crippen MR) is 126 cm³/mol. The van der Waals surface area contributed by atoms with Gasteiger partial charge >= 0.3 is 0 Å². The highest BCUT2D eigenvalue weighted by Gasteiger charge is 2.30. The third-order valence-corrected chi connectivity index (χ3v) is 5.51. The molecule has 8 heteroatoms. The van der Waals surface area contributed by atoms with Crippen molar-refractivity contribution in [3.8, 4) is 11.3 Å². The zero-order valence-electron chi connectivity index (χ0n) is 20.0. The van der Waals surface area contributed by atoms with E-state index >= 15 is 0 Å². The molecule has 0 unspecified atom stereocenters. The molecule has 1 aliphatic heterocycles. The molecule has 1 aliphatic rings. The lowest BCUT2D eigenvalue weighted by Gasteiger charge is -2.30. The number of carbonyl (C=O) groups is 1. The first-order valence-electron chi connectivity index (χ1n) is 10.9. The van der Waals surface area contributed by atoms with Gasteiger partial charge in [-0.1, -0.05) is 12.1 Å². The number of hydrogen-bond donors (Lipinski definition) is 1. The van der Waals surface area contributed by atoms with E-state index in [1.54, 1.807) is 18.7 Å². The van der Waals surface area contributed by atoms with Crippen LogP contribution in [0.5, 0.6) is 0 Å². The van der Waals surface area contributed by atoms with Crippen LogP contribution in [-0.4, -0.2) is 51.5 Å². The lowest BCUT2D eigenvalue weighted by Crippen LogP contribution is -2.39. The molecule has 3 heterocycles. The van der Waals surface area contributed by atoms with Crippen LogP contribution in [0.25, 0.3) is 11.3 Å². The second kappa shape index (κ2) is 8.00. The van der Waals surface area contributed by atoms with Crippen LogP contribution in [0, 0.1) is 13.8 Å². The van der Waals surface area contributed by atoms with Gasteiger partial charge in [-0.05, 0) is 39.8 Å². The van der Waals surface area contributed by atoms with E-state index < -0.39 is 0 Å². The Morgan fingerprint density at radius 2 is 1.78 bits per heavy atom. The van der Waals surface area contributed by atoms with E-state index in [9.17, 15) is 4.79 Å². The molecule has 3 aromatic rings. The van der Waals surface area contributed by atoms with Crippen molar-refractivity contribution < 1.29 is 9.21 Å². The number of hydrogen-bond acceptors (Lipinski definition) is 6. The third-order valence-electron chi connectivity index (χ3n) is 5.51. The largest absolute Gasteiger partial charge is 0.436 e. The Hall–Kier alpha value is -3.29. The number of aryl methyl sites for hydroxylation is 2. The highest BCUT2D eigenvalue weighted by molar-refractivity contribution is 5.92. The van der Waals surface area contributed by atoms with Crippen molar-refractivity contribution in [2.45, 2.75) is 53.2 Å². The fraction of sp³-hybridized carbons (Fsp3) is 0.458. The van der Waals surface area contributed by atoms with Gasteiger partial charge in [0.05, 0.1) is 12.2 Å². The zero-order chi connectivity index (χ0) is 23.2. The Balaban J connectivity index is 1.70. The molecule has 8 nitrogen and oxygen atoms in total. The second-order valence-corrected chi connectivity index (χ2v) is 9.57. The van der Waals surface area contributed by atoms with Gasteiger partial charge in [0.25, 0.3) is 5.91 Å². The van der Waals surface area contributed by atoms with Crippen molar-refractivity contribution >= 4 is 17.4 Å². The number of nitrogens with one attached hydrogen (secondary N) is 1. The van der Waals surface area contributed by atoms with E-state index in [1.165, 1.54) is 0 Å². The van der Waals surface area contributed by atoms with E-state index in [-0.39, 0.29) is 11.4 Å². The Bertz CT molecular complexity index is 1130. The Morgan fingerprint density at radius 1 is 1.09 bits per heavy atom. The number of amides is 1. The summed E-state index contributed by atoms with van der Waals surface area (Å²) in [6.45, 7) is 11.6. The Kier molecular flexibility index (Phi) is 5.48. The number of fused-ring (bicyclic) bond motifs is 1. The van der Waals surface area contributed by atoms with E-state index in [0.717, 1.165) is 28.6 Å². The van der Waals surface area contributed by atoms with Crippen LogP contribution in [0.15, 0.2) is 28.7 Å². The quantitative estimate of drug-likeness (QED) is 0.664. The second-order valence-electron chi connectivity index (χ2n) is 9.57. The summed E-state index contributed by atoms with van der Waals surface area (Å²) in [7, 11) is 4.06. The average molecular weight is 437 g/mol. The van der Waals surface area contributed by atoms with Gasteiger partial charge in [0.2, 0.25) is 5.76 Å². The SMILES string of the molecule is Cc1nc(C)c(C(=O)N2CCn3c(nc(-c4ccc(N(C)C)cc4)c3NC(C)(C)C)C2)o1. The fourth-order valence-corrected chi connectivity index (χ4v) is 3.98. The smallest absolute Gasteiger partial charge is 0.292 e. The standard InChI is InChI=1S/C24H32N6O2/c1-15-21(32-16(2)25-15)23(31)29-12-13-30-19(14-29)26-20(22(30)27-24(3,4)5)17-8-10-18(11-9-17)28(6)7/h8-11,27H,12-14H2,1-7H3. The summed E-state index contributed by atoms with van der Waals surface area (Å²) in [5, 5.41) is 3.64. The molecule has 0 saturated heterocycles. The van der Waals surface area contributed by atoms with Crippen LogP contribution < -0.4 is 10.2 Å². The molecule has 0 bridgehead atoms. The van der Waals surface area contributed by atoms with E-state index in [2.05, 4.69) is 64.8 Å². The summed E-state index contributed by atoms with van der Waals surface area (Å²) in [6.07, 6.45) is 0. The molecule has 4 rings (SSSR count). The van der Waals surface area contributed by atoms with Crippen molar-refractivity contribution in [2.75, 3.05) is 30.9 Å². The highest BCUT2D eigenvalue weighted by atomic mass is 16.4. The summed E-state index contributed by atoms with van der Waals surface area (Å²) in [5.41, 5.74) is 3.58. The molecule has 1 aromatic carbocycles. The predicted octanol–water partition coefficient (Wildman–Crippen LogP) is 4.09. The topological polar surface area (TPSA) is 79.4 Å². The molecule has 0 radical (unpaired) electrons. The first-order chi connectivity index (χ1) is 15.0. The molecule has 1 amide bonds. The first kappa shape index (κ1) is 21.9. The summed E-state index contributed by atoms with van der Waals surface area (Å²) in [6, 6.07) is 8.39. The molecular weight excluding hydrogens is 404 g/mol. The Labute approximate surface area is 189 Å². The number of aromatic nitrogens is 3. The van der Waals surface area contributed by atoms with Gasteiger partial charge in [-0.15, -0.1) is 0 Å². The van der Waals surface area contributed by atoms with E-state index in [0.29, 0.717) is 37.0 Å². The maximum Gasteiger partial charge on any atom is 0.292 e. The molecule has 32 heavy (non-hydrogen) atoms. The first-order valence-corrected chi connectivity index (χ1v) is 10.9. The number of imidazole rings is 1. The van der Waals surface area contributed by atoms with E-state index in [1.807, 2.05) is 14.1 Å². The van der Waals surface area contributed by atoms with Gasteiger partial charge < -0.3 is 24.1 Å². The van der Waals surface area contributed by atoms with Crippen LogP contribution in [0.2, 0.25) is 0 Å². The van der Waals surface area contributed by atoms with Crippen molar-refractivity contribution in [1.82, 2.24) is 19.4 Å².